The summed E-state index contributed by atoms with van der Waals surface area (Å²) in [7, 11) is 1.55. The van der Waals surface area contributed by atoms with Crippen LogP contribution in [0.25, 0.3) is 11.0 Å². The van der Waals surface area contributed by atoms with Gasteiger partial charge < -0.3 is 9.32 Å². The Morgan fingerprint density at radius 1 is 1.10 bits per heavy atom. The number of amides is 3. The molecule has 2 atom stereocenters. The first kappa shape index (κ1) is 20.3. The van der Waals surface area contributed by atoms with Crippen LogP contribution in [-0.2, 0) is 4.79 Å². The van der Waals surface area contributed by atoms with E-state index in [4.69, 9.17) is 4.42 Å². The summed E-state index contributed by atoms with van der Waals surface area (Å²) in [6.07, 6.45) is 0. The van der Waals surface area contributed by atoms with Crippen LogP contribution in [0.3, 0.4) is 0 Å². The maximum Gasteiger partial charge on any atom is 0.282 e. The number of hydrogen-bond donors (Lipinski definition) is 0. The molecule has 0 saturated heterocycles. The molecule has 0 radical (unpaired) electrons. The van der Waals surface area contributed by atoms with Crippen LogP contribution in [0.2, 0.25) is 0 Å². The highest BCUT2D eigenvalue weighted by atomic mass is 16.6. The minimum absolute atomic E-state index is 0.0770. The number of likely N-dealkylation sites (N-methyl/N-ethyl adjacent to an activating group) is 1. The Kier molecular flexibility index (Phi) is 4.81. The maximum absolute atomic E-state index is 13.1. The van der Waals surface area contributed by atoms with Crippen molar-refractivity contribution in [1.29, 1.82) is 0 Å². The van der Waals surface area contributed by atoms with Crippen molar-refractivity contribution in [3.8, 4) is 0 Å². The second-order valence-corrected chi connectivity index (χ2v) is 7.42. The lowest BCUT2D eigenvalue weighted by atomic mass is 10.1. The summed E-state index contributed by atoms with van der Waals surface area (Å²) >= 11 is 0. The molecule has 9 nitrogen and oxygen atoms in total. The molecule has 0 fully saturated rings. The van der Waals surface area contributed by atoms with Gasteiger partial charge in [-0.15, -0.1) is 0 Å². The first-order valence-corrected chi connectivity index (χ1v) is 9.62. The van der Waals surface area contributed by atoms with Gasteiger partial charge in [0.15, 0.2) is 0 Å². The van der Waals surface area contributed by atoms with Gasteiger partial charge in [-0.3, -0.25) is 29.4 Å². The number of nitrogens with zero attached hydrogens (tertiary/aromatic N) is 3. The molecule has 158 valence electrons. The lowest BCUT2D eigenvalue weighted by Gasteiger charge is -2.29. The third-order valence-corrected chi connectivity index (χ3v) is 5.65. The summed E-state index contributed by atoms with van der Waals surface area (Å²) in [5, 5.41) is 12.2. The van der Waals surface area contributed by atoms with Crippen LogP contribution in [0.4, 0.5) is 5.69 Å². The number of hydrogen-bond acceptors (Lipinski definition) is 6. The number of fused-ring (bicyclic) bond motifs is 2. The molecule has 2 unspecified atom stereocenters. The van der Waals surface area contributed by atoms with Gasteiger partial charge in [0.25, 0.3) is 17.5 Å². The van der Waals surface area contributed by atoms with Crippen LogP contribution in [0.1, 0.15) is 46.4 Å². The van der Waals surface area contributed by atoms with Gasteiger partial charge in [-0.1, -0.05) is 24.3 Å². The van der Waals surface area contributed by atoms with E-state index in [1.165, 1.54) is 24.0 Å². The van der Waals surface area contributed by atoms with Crippen molar-refractivity contribution < 1.29 is 23.7 Å². The quantitative estimate of drug-likeness (QED) is 0.354. The van der Waals surface area contributed by atoms with Crippen LogP contribution < -0.4 is 0 Å². The number of rotatable bonds is 5. The lowest BCUT2D eigenvalue weighted by Crippen LogP contribution is -2.48. The van der Waals surface area contributed by atoms with E-state index in [9.17, 15) is 24.5 Å². The standard InChI is InChI=1S/C22H19N3O6/c1-12(18-11-14-7-4-5-10-17(14)31-18)23(3)20(26)13(2)24-21(27)15-8-6-9-16(25(29)30)19(15)22(24)28/h4-13H,1-3H3. The fourth-order valence-electron chi connectivity index (χ4n) is 3.78. The molecule has 0 aliphatic carbocycles. The number of furan rings is 1. The zero-order chi connectivity index (χ0) is 22.4. The minimum Gasteiger partial charge on any atom is -0.459 e. The summed E-state index contributed by atoms with van der Waals surface area (Å²) in [5.41, 5.74) is -0.134. The van der Waals surface area contributed by atoms with E-state index in [0.717, 1.165) is 16.4 Å². The third kappa shape index (κ3) is 3.14. The van der Waals surface area contributed by atoms with Crippen molar-refractivity contribution >= 4 is 34.4 Å². The van der Waals surface area contributed by atoms with Gasteiger partial charge in [0, 0.05) is 18.5 Å². The first-order valence-electron chi connectivity index (χ1n) is 9.62. The van der Waals surface area contributed by atoms with E-state index in [2.05, 4.69) is 0 Å². The van der Waals surface area contributed by atoms with Crippen molar-refractivity contribution in [3.63, 3.8) is 0 Å². The van der Waals surface area contributed by atoms with E-state index in [1.807, 2.05) is 30.3 Å². The summed E-state index contributed by atoms with van der Waals surface area (Å²) < 4.78 is 5.83. The molecule has 4 rings (SSSR count). The predicted octanol–water partition coefficient (Wildman–Crippen LogP) is 3.55. The Balaban J connectivity index is 1.60. The molecule has 2 aromatic carbocycles. The molecule has 3 amide bonds. The van der Waals surface area contributed by atoms with Gasteiger partial charge in [-0.25, -0.2) is 0 Å². The fraction of sp³-hybridized carbons (Fsp3) is 0.227. The van der Waals surface area contributed by atoms with Crippen LogP contribution in [0.15, 0.2) is 52.9 Å². The summed E-state index contributed by atoms with van der Waals surface area (Å²) in [6, 6.07) is 11.5. The number of nitro groups is 1. The average Bonchev–Trinajstić information content (AvgIpc) is 3.31. The van der Waals surface area contributed by atoms with E-state index in [-0.39, 0.29) is 11.1 Å². The van der Waals surface area contributed by atoms with E-state index >= 15 is 0 Å². The van der Waals surface area contributed by atoms with Crippen LogP contribution >= 0.6 is 0 Å². The van der Waals surface area contributed by atoms with Gasteiger partial charge in [-0.2, -0.15) is 0 Å². The monoisotopic (exact) mass is 421 g/mol. The number of imide groups is 1. The van der Waals surface area contributed by atoms with E-state index < -0.39 is 40.4 Å². The Morgan fingerprint density at radius 3 is 2.48 bits per heavy atom. The van der Waals surface area contributed by atoms with Crippen LogP contribution in [-0.4, -0.2) is 45.5 Å². The van der Waals surface area contributed by atoms with Gasteiger partial charge >= 0.3 is 0 Å². The SMILES string of the molecule is CC(c1cc2ccccc2o1)N(C)C(=O)C(C)N1C(=O)c2cccc([N+](=O)[O-])c2C1=O. The second-order valence-electron chi connectivity index (χ2n) is 7.42. The van der Waals surface area contributed by atoms with E-state index in [1.54, 1.807) is 14.0 Å². The third-order valence-electron chi connectivity index (χ3n) is 5.65. The number of carbonyl (C=O) groups is 3. The highest BCUT2D eigenvalue weighted by molar-refractivity contribution is 6.24. The summed E-state index contributed by atoms with van der Waals surface area (Å²) in [5.74, 6) is -1.51. The Labute approximate surface area is 177 Å². The first-order chi connectivity index (χ1) is 14.7. The highest BCUT2D eigenvalue weighted by Crippen LogP contribution is 2.33. The molecule has 31 heavy (non-hydrogen) atoms. The number of carbonyl (C=O) groups excluding carboxylic acids is 3. The zero-order valence-corrected chi connectivity index (χ0v) is 17.1. The molecular formula is C22H19N3O6. The largest absolute Gasteiger partial charge is 0.459 e. The molecule has 0 saturated carbocycles. The summed E-state index contributed by atoms with van der Waals surface area (Å²) in [4.78, 5) is 51.5. The second kappa shape index (κ2) is 7.35. The molecule has 3 aromatic rings. The fourth-order valence-corrected chi connectivity index (χ4v) is 3.78. The number of benzene rings is 2. The van der Waals surface area contributed by atoms with Crippen LogP contribution in [0.5, 0.6) is 0 Å². The molecule has 1 aromatic heterocycles. The topological polar surface area (TPSA) is 114 Å². The zero-order valence-electron chi connectivity index (χ0n) is 17.1. The number of nitro benzene ring substituents is 1. The highest BCUT2D eigenvalue weighted by Gasteiger charge is 2.45. The molecular weight excluding hydrogens is 402 g/mol. The average molecular weight is 421 g/mol. The molecule has 0 bridgehead atoms. The smallest absolute Gasteiger partial charge is 0.282 e. The van der Waals surface area contributed by atoms with E-state index in [0.29, 0.717) is 11.3 Å². The molecule has 0 N–H and O–H groups in total. The Morgan fingerprint density at radius 2 is 1.81 bits per heavy atom. The van der Waals surface area contributed by atoms with Gasteiger partial charge in [0.05, 0.1) is 16.5 Å². The Hall–Kier alpha value is -4.01. The van der Waals surface area contributed by atoms with Gasteiger partial charge in [0.2, 0.25) is 5.91 Å². The van der Waals surface area contributed by atoms with Crippen molar-refractivity contribution in [3.05, 3.63) is 75.5 Å². The van der Waals surface area contributed by atoms with Crippen molar-refractivity contribution in [2.24, 2.45) is 0 Å². The van der Waals surface area contributed by atoms with Gasteiger partial charge in [-0.05, 0) is 32.0 Å². The number of para-hydroxylation sites is 1. The molecule has 1 aliphatic heterocycles. The molecule has 0 spiro atoms. The Bertz CT molecular complexity index is 1210. The van der Waals surface area contributed by atoms with Crippen LogP contribution in [0, 0.1) is 10.1 Å². The normalized spacial score (nSPS) is 15.1. The summed E-state index contributed by atoms with van der Waals surface area (Å²) in [6.45, 7) is 3.20. The molecule has 9 heteroatoms. The maximum atomic E-state index is 13.1. The van der Waals surface area contributed by atoms with Crippen molar-refractivity contribution in [2.45, 2.75) is 25.9 Å². The van der Waals surface area contributed by atoms with Gasteiger partial charge in [0.1, 0.15) is 22.9 Å². The lowest BCUT2D eigenvalue weighted by molar-refractivity contribution is -0.385. The predicted molar refractivity (Wildman–Crippen MR) is 110 cm³/mol. The van der Waals surface area contributed by atoms with Crippen molar-refractivity contribution in [2.75, 3.05) is 7.05 Å². The minimum atomic E-state index is -1.15. The van der Waals surface area contributed by atoms with Crippen molar-refractivity contribution in [1.82, 2.24) is 9.80 Å². The molecule has 1 aliphatic rings. The molecule has 2 heterocycles.